The largest absolute Gasteiger partial charge is 0.483 e. The predicted octanol–water partition coefficient (Wildman–Crippen LogP) is 1.52. The Morgan fingerprint density at radius 2 is 2.11 bits per heavy atom. The fourth-order valence-corrected chi connectivity index (χ4v) is 1.63. The second-order valence-electron chi connectivity index (χ2n) is 4.61. The van der Waals surface area contributed by atoms with E-state index in [1.807, 2.05) is 32.0 Å². The molecule has 1 aromatic rings. The summed E-state index contributed by atoms with van der Waals surface area (Å²) in [7, 11) is 1.65. The number of aryl methyl sites for hydroxylation is 1. The fourth-order valence-electron chi connectivity index (χ4n) is 1.63. The van der Waals surface area contributed by atoms with Crippen molar-refractivity contribution in [2.45, 2.75) is 26.9 Å². The molecule has 0 radical (unpaired) electrons. The Labute approximate surface area is 108 Å². The van der Waals surface area contributed by atoms with E-state index < -0.39 is 6.10 Å². The van der Waals surface area contributed by atoms with Crippen LogP contribution in [0.4, 0.5) is 0 Å². The molecule has 100 valence electrons. The van der Waals surface area contributed by atoms with Crippen molar-refractivity contribution in [2.75, 3.05) is 20.2 Å². The summed E-state index contributed by atoms with van der Waals surface area (Å²) >= 11 is 0. The van der Waals surface area contributed by atoms with E-state index in [1.54, 1.807) is 14.0 Å². The molecule has 0 heterocycles. The molecule has 0 saturated carbocycles. The van der Waals surface area contributed by atoms with E-state index in [1.165, 1.54) is 4.90 Å². The Balaban J connectivity index is 2.55. The van der Waals surface area contributed by atoms with E-state index in [0.29, 0.717) is 6.54 Å². The van der Waals surface area contributed by atoms with Crippen molar-refractivity contribution in [3.05, 3.63) is 29.3 Å². The molecule has 1 N–H and O–H groups in total. The zero-order chi connectivity index (χ0) is 13.7. The van der Waals surface area contributed by atoms with Gasteiger partial charge in [0.15, 0.2) is 6.61 Å². The first-order valence-electron chi connectivity index (χ1n) is 6.03. The topological polar surface area (TPSA) is 49.8 Å². The Morgan fingerprint density at radius 3 is 2.72 bits per heavy atom. The molecule has 1 unspecified atom stereocenters. The van der Waals surface area contributed by atoms with Crippen LogP contribution >= 0.6 is 0 Å². The number of carbonyl (C=O) groups excluding carboxylic acids is 1. The number of nitrogens with zero attached hydrogens (tertiary/aromatic N) is 1. The van der Waals surface area contributed by atoms with Crippen LogP contribution in [0.15, 0.2) is 18.2 Å². The Morgan fingerprint density at radius 1 is 1.44 bits per heavy atom. The summed E-state index contributed by atoms with van der Waals surface area (Å²) in [5.41, 5.74) is 2.18. The lowest BCUT2D eigenvalue weighted by atomic mass is 10.1. The highest BCUT2D eigenvalue weighted by Gasteiger charge is 2.12. The number of benzene rings is 1. The van der Waals surface area contributed by atoms with E-state index in [-0.39, 0.29) is 12.5 Å². The van der Waals surface area contributed by atoms with Crippen LogP contribution in [0, 0.1) is 13.8 Å². The van der Waals surface area contributed by atoms with E-state index in [4.69, 9.17) is 4.74 Å². The lowest BCUT2D eigenvalue weighted by molar-refractivity contribution is -0.133. The van der Waals surface area contributed by atoms with Gasteiger partial charge >= 0.3 is 0 Å². The van der Waals surface area contributed by atoms with Gasteiger partial charge in [0.05, 0.1) is 6.10 Å². The number of hydrogen-bond acceptors (Lipinski definition) is 3. The number of rotatable bonds is 5. The van der Waals surface area contributed by atoms with Gasteiger partial charge < -0.3 is 14.7 Å². The second kappa shape index (κ2) is 6.40. The summed E-state index contributed by atoms with van der Waals surface area (Å²) in [6.45, 7) is 5.93. The van der Waals surface area contributed by atoms with Gasteiger partial charge in [-0.3, -0.25) is 4.79 Å². The van der Waals surface area contributed by atoms with Gasteiger partial charge in [-0.15, -0.1) is 0 Å². The Bertz CT molecular complexity index is 416. The number of ether oxygens (including phenoxy) is 1. The quantitative estimate of drug-likeness (QED) is 0.863. The highest BCUT2D eigenvalue weighted by atomic mass is 16.5. The summed E-state index contributed by atoms with van der Waals surface area (Å²) in [5.74, 6) is 0.589. The predicted molar refractivity (Wildman–Crippen MR) is 70.7 cm³/mol. The minimum absolute atomic E-state index is 0.00644. The maximum atomic E-state index is 11.7. The molecule has 1 aromatic carbocycles. The van der Waals surface area contributed by atoms with E-state index in [9.17, 15) is 9.90 Å². The van der Waals surface area contributed by atoms with Crippen molar-refractivity contribution in [1.29, 1.82) is 0 Å². The molecular formula is C14H21NO3. The maximum Gasteiger partial charge on any atom is 0.260 e. The molecule has 0 aromatic heterocycles. The Hall–Kier alpha value is -1.55. The highest BCUT2D eigenvalue weighted by Crippen LogP contribution is 2.20. The van der Waals surface area contributed by atoms with Crippen LogP contribution in [0.5, 0.6) is 5.75 Å². The molecule has 0 aliphatic rings. The minimum atomic E-state index is -0.528. The van der Waals surface area contributed by atoms with Gasteiger partial charge in [-0.2, -0.15) is 0 Å². The van der Waals surface area contributed by atoms with E-state index >= 15 is 0 Å². The average Bonchev–Trinajstić information content (AvgIpc) is 2.29. The molecular weight excluding hydrogens is 230 g/mol. The summed E-state index contributed by atoms with van der Waals surface area (Å²) in [6, 6.07) is 5.76. The van der Waals surface area contributed by atoms with Gasteiger partial charge in [0.2, 0.25) is 0 Å². The fraction of sp³-hybridized carbons (Fsp3) is 0.500. The number of aliphatic hydroxyl groups is 1. The molecule has 0 aliphatic heterocycles. The number of amides is 1. The summed E-state index contributed by atoms with van der Waals surface area (Å²) in [5, 5.41) is 9.20. The van der Waals surface area contributed by atoms with Crippen LogP contribution in [0.2, 0.25) is 0 Å². The lowest BCUT2D eigenvalue weighted by Crippen LogP contribution is -2.36. The molecule has 18 heavy (non-hydrogen) atoms. The SMILES string of the molecule is Cc1cccc(OCC(=O)N(C)CC(C)O)c1C. The molecule has 0 spiro atoms. The first kappa shape index (κ1) is 14.5. The van der Waals surface area contributed by atoms with Crippen molar-refractivity contribution >= 4 is 5.91 Å². The molecule has 4 nitrogen and oxygen atoms in total. The number of aliphatic hydroxyl groups excluding tert-OH is 1. The number of likely N-dealkylation sites (N-methyl/N-ethyl adjacent to an activating group) is 1. The number of carbonyl (C=O) groups is 1. The van der Waals surface area contributed by atoms with Crippen LogP contribution in [0.3, 0.4) is 0 Å². The molecule has 0 saturated heterocycles. The third kappa shape index (κ3) is 4.04. The van der Waals surface area contributed by atoms with Crippen molar-refractivity contribution in [3.63, 3.8) is 0 Å². The third-order valence-corrected chi connectivity index (χ3v) is 2.87. The monoisotopic (exact) mass is 251 g/mol. The van der Waals surface area contributed by atoms with Crippen molar-refractivity contribution in [1.82, 2.24) is 4.90 Å². The van der Waals surface area contributed by atoms with Gasteiger partial charge in [-0.1, -0.05) is 12.1 Å². The van der Waals surface area contributed by atoms with Crippen molar-refractivity contribution in [2.24, 2.45) is 0 Å². The van der Waals surface area contributed by atoms with Gasteiger partial charge in [-0.25, -0.2) is 0 Å². The van der Waals surface area contributed by atoms with Crippen LogP contribution in [-0.4, -0.2) is 42.2 Å². The first-order valence-corrected chi connectivity index (χ1v) is 6.03. The van der Waals surface area contributed by atoms with Gasteiger partial charge in [0.25, 0.3) is 5.91 Å². The smallest absolute Gasteiger partial charge is 0.260 e. The van der Waals surface area contributed by atoms with Crippen LogP contribution in [0.25, 0.3) is 0 Å². The van der Waals surface area contributed by atoms with Gasteiger partial charge in [0, 0.05) is 13.6 Å². The van der Waals surface area contributed by atoms with Crippen molar-refractivity contribution in [3.8, 4) is 5.75 Å². The highest BCUT2D eigenvalue weighted by molar-refractivity contribution is 5.77. The van der Waals surface area contributed by atoms with Crippen LogP contribution < -0.4 is 4.74 Å². The molecule has 1 atom stereocenters. The summed E-state index contributed by atoms with van der Waals surface area (Å²) in [4.78, 5) is 13.2. The standard InChI is InChI=1S/C14H21NO3/c1-10-6-5-7-13(12(10)3)18-9-14(17)15(4)8-11(2)16/h5-7,11,16H,8-9H2,1-4H3. The van der Waals surface area contributed by atoms with Crippen molar-refractivity contribution < 1.29 is 14.6 Å². The van der Waals surface area contributed by atoms with Gasteiger partial charge in [0.1, 0.15) is 5.75 Å². The van der Waals surface area contributed by atoms with E-state index in [0.717, 1.165) is 16.9 Å². The Kier molecular flexibility index (Phi) is 5.16. The van der Waals surface area contributed by atoms with Crippen LogP contribution in [-0.2, 0) is 4.79 Å². The second-order valence-corrected chi connectivity index (χ2v) is 4.61. The molecule has 0 fully saturated rings. The molecule has 0 bridgehead atoms. The first-order chi connectivity index (χ1) is 8.41. The lowest BCUT2D eigenvalue weighted by Gasteiger charge is -2.19. The number of hydrogen-bond donors (Lipinski definition) is 1. The van der Waals surface area contributed by atoms with Crippen LogP contribution in [0.1, 0.15) is 18.1 Å². The molecule has 1 amide bonds. The summed E-state index contributed by atoms with van der Waals surface area (Å²) < 4.78 is 5.51. The van der Waals surface area contributed by atoms with Gasteiger partial charge in [-0.05, 0) is 38.0 Å². The average molecular weight is 251 g/mol. The normalized spacial score (nSPS) is 12.1. The minimum Gasteiger partial charge on any atom is -0.483 e. The zero-order valence-corrected chi connectivity index (χ0v) is 11.4. The summed E-state index contributed by atoms with van der Waals surface area (Å²) in [6.07, 6.45) is -0.528. The van der Waals surface area contributed by atoms with E-state index in [2.05, 4.69) is 0 Å². The third-order valence-electron chi connectivity index (χ3n) is 2.87. The molecule has 0 aliphatic carbocycles. The molecule has 1 rings (SSSR count). The maximum absolute atomic E-state index is 11.7. The molecule has 4 heteroatoms. The zero-order valence-electron chi connectivity index (χ0n) is 11.4.